The smallest absolute Gasteiger partial charge is 0.211 e. The normalized spacial score (nSPS) is 13.1. The first-order chi connectivity index (χ1) is 10.5. The van der Waals surface area contributed by atoms with Crippen LogP contribution in [0.15, 0.2) is 30.3 Å². The minimum absolute atomic E-state index is 0.0200. The fraction of sp³-hybridized carbons (Fsp3) is 0.400. The first kappa shape index (κ1) is 16.9. The lowest BCUT2D eigenvalue weighted by Gasteiger charge is -2.10. The van der Waals surface area contributed by atoms with Crippen molar-refractivity contribution in [2.75, 3.05) is 12.3 Å². The van der Waals surface area contributed by atoms with Gasteiger partial charge in [0.25, 0.3) is 0 Å². The summed E-state index contributed by atoms with van der Waals surface area (Å²) in [4.78, 5) is 0.744. The molecule has 0 spiro atoms. The number of rotatable bonds is 8. The second-order valence-corrected chi connectivity index (χ2v) is 8.03. The van der Waals surface area contributed by atoms with E-state index in [9.17, 15) is 13.5 Å². The molecule has 1 heterocycles. The van der Waals surface area contributed by atoms with Gasteiger partial charge in [-0.15, -0.1) is 11.3 Å². The number of fused-ring (bicyclic) bond motifs is 1. The van der Waals surface area contributed by atoms with Crippen LogP contribution in [0.5, 0.6) is 0 Å². The maximum atomic E-state index is 11.8. The fourth-order valence-electron chi connectivity index (χ4n) is 2.04. The second kappa shape index (κ2) is 7.70. The number of nitrogens with one attached hydrogen (secondary N) is 1. The molecule has 0 bridgehead atoms. The molecule has 22 heavy (non-hydrogen) atoms. The number of aliphatic hydroxyl groups excluding tert-OH is 1. The Hall–Kier alpha value is -1.46. The quantitative estimate of drug-likeness (QED) is 0.724. The molecule has 2 N–H and O–H groups in total. The molecule has 2 aromatic rings. The van der Waals surface area contributed by atoms with Crippen LogP contribution in [0.3, 0.4) is 0 Å². The summed E-state index contributed by atoms with van der Waals surface area (Å²) in [5.74, 6) is -0.0200. The molecule has 7 heteroatoms. The Labute approximate surface area is 134 Å². The summed E-state index contributed by atoms with van der Waals surface area (Å²) >= 11 is 1.46. The van der Waals surface area contributed by atoms with Gasteiger partial charge < -0.3 is 5.11 Å². The van der Waals surface area contributed by atoms with Gasteiger partial charge in [0.2, 0.25) is 10.0 Å². The van der Waals surface area contributed by atoms with Crippen molar-refractivity contribution in [1.82, 2.24) is 4.72 Å². The van der Waals surface area contributed by atoms with Crippen molar-refractivity contribution >= 4 is 31.4 Å². The van der Waals surface area contributed by atoms with Crippen LogP contribution in [0.4, 0.5) is 0 Å². The van der Waals surface area contributed by atoms with E-state index in [1.807, 2.05) is 36.4 Å². The van der Waals surface area contributed by atoms with E-state index >= 15 is 0 Å². The molecule has 0 amide bonds. The molecule has 0 saturated carbocycles. The van der Waals surface area contributed by atoms with E-state index in [4.69, 9.17) is 5.26 Å². The Bertz CT molecular complexity index is 729. The van der Waals surface area contributed by atoms with Crippen LogP contribution in [0, 0.1) is 11.3 Å². The molecule has 0 aliphatic carbocycles. The summed E-state index contributed by atoms with van der Waals surface area (Å²) in [5.41, 5.74) is 0. The SMILES string of the molecule is N#CCCCCS(=O)(=O)NCC(O)c1cc2ccccc2s1. The van der Waals surface area contributed by atoms with Crippen LogP contribution < -0.4 is 4.72 Å². The number of thiophene rings is 1. The van der Waals surface area contributed by atoms with Crippen LogP contribution >= 0.6 is 11.3 Å². The van der Waals surface area contributed by atoms with E-state index in [2.05, 4.69) is 4.72 Å². The summed E-state index contributed by atoms with van der Waals surface area (Å²) in [6.07, 6.45) is 0.518. The molecule has 0 aliphatic rings. The molecule has 1 aromatic heterocycles. The summed E-state index contributed by atoms with van der Waals surface area (Å²) in [5, 5.41) is 19.6. The number of aliphatic hydroxyl groups is 1. The maximum Gasteiger partial charge on any atom is 0.211 e. The minimum atomic E-state index is -3.41. The standard InChI is InChI=1S/C15H18N2O3S2/c16-8-4-1-5-9-22(19,20)17-11-13(18)15-10-12-6-2-3-7-14(12)21-15/h2-3,6-7,10,13,17-18H,1,4-5,9,11H2. The van der Waals surface area contributed by atoms with Gasteiger partial charge in [0.15, 0.2) is 0 Å². The van der Waals surface area contributed by atoms with Gasteiger partial charge in [-0.3, -0.25) is 0 Å². The molecule has 1 aromatic carbocycles. The number of sulfonamides is 1. The van der Waals surface area contributed by atoms with Crippen LogP contribution in [0.1, 0.15) is 30.2 Å². The van der Waals surface area contributed by atoms with Gasteiger partial charge in [-0.2, -0.15) is 5.26 Å². The van der Waals surface area contributed by atoms with Gasteiger partial charge in [-0.25, -0.2) is 13.1 Å². The number of hydrogen-bond donors (Lipinski definition) is 2. The predicted octanol–water partition coefficient (Wildman–Crippen LogP) is 2.55. The Morgan fingerprint density at radius 1 is 1.32 bits per heavy atom. The maximum absolute atomic E-state index is 11.8. The summed E-state index contributed by atoms with van der Waals surface area (Å²) in [6, 6.07) is 11.6. The van der Waals surface area contributed by atoms with E-state index < -0.39 is 16.1 Å². The van der Waals surface area contributed by atoms with Crippen molar-refractivity contribution in [2.24, 2.45) is 0 Å². The van der Waals surface area contributed by atoms with E-state index in [1.165, 1.54) is 11.3 Å². The van der Waals surface area contributed by atoms with Crippen molar-refractivity contribution < 1.29 is 13.5 Å². The highest BCUT2D eigenvalue weighted by atomic mass is 32.2. The molecule has 118 valence electrons. The Kier molecular flexibility index (Phi) is 5.91. The van der Waals surface area contributed by atoms with Crippen molar-refractivity contribution in [2.45, 2.75) is 25.4 Å². The molecule has 0 radical (unpaired) electrons. The van der Waals surface area contributed by atoms with E-state index in [-0.39, 0.29) is 12.3 Å². The summed E-state index contributed by atoms with van der Waals surface area (Å²) in [7, 11) is -3.41. The molecule has 0 saturated heterocycles. The summed E-state index contributed by atoms with van der Waals surface area (Å²) in [6.45, 7) is -0.0343. The van der Waals surface area contributed by atoms with Crippen molar-refractivity contribution in [3.8, 4) is 6.07 Å². The van der Waals surface area contributed by atoms with Crippen LogP contribution in [0.2, 0.25) is 0 Å². The first-order valence-electron chi connectivity index (χ1n) is 7.02. The van der Waals surface area contributed by atoms with Crippen molar-refractivity contribution in [3.63, 3.8) is 0 Å². The number of unbranched alkanes of at least 4 members (excludes halogenated alkanes) is 2. The number of nitrogens with zero attached hydrogens (tertiary/aromatic N) is 1. The third-order valence-corrected chi connectivity index (χ3v) is 5.87. The third-order valence-electron chi connectivity index (χ3n) is 3.22. The highest BCUT2D eigenvalue weighted by Gasteiger charge is 2.16. The van der Waals surface area contributed by atoms with Crippen LogP contribution in [-0.4, -0.2) is 25.8 Å². The molecule has 0 aliphatic heterocycles. The van der Waals surface area contributed by atoms with Crippen LogP contribution in [0.25, 0.3) is 10.1 Å². The zero-order valence-corrected chi connectivity index (χ0v) is 13.7. The average molecular weight is 338 g/mol. The second-order valence-electron chi connectivity index (χ2n) is 4.98. The highest BCUT2D eigenvalue weighted by molar-refractivity contribution is 7.89. The van der Waals surface area contributed by atoms with Gasteiger partial charge in [-0.1, -0.05) is 18.2 Å². The topological polar surface area (TPSA) is 90.2 Å². The fourth-order valence-corrected chi connectivity index (χ4v) is 4.23. The lowest BCUT2D eigenvalue weighted by Crippen LogP contribution is -2.30. The highest BCUT2D eigenvalue weighted by Crippen LogP contribution is 2.29. The molecule has 5 nitrogen and oxygen atoms in total. The number of hydrogen-bond acceptors (Lipinski definition) is 5. The van der Waals surface area contributed by atoms with E-state index in [1.54, 1.807) is 0 Å². The van der Waals surface area contributed by atoms with Gasteiger partial charge in [0.05, 0.1) is 11.8 Å². The molecule has 1 atom stereocenters. The van der Waals surface area contributed by atoms with E-state index in [0.29, 0.717) is 19.3 Å². The molecular weight excluding hydrogens is 320 g/mol. The van der Waals surface area contributed by atoms with Gasteiger partial charge in [0, 0.05) is 22.5 Å². The van der Waals surface area contributed by atoms with Gasteiger partial charge >= 0.3 is 0 Å². The zero-order chi connectivity index (χ0) is 16.0. The number of benzene rings is 1. The van der Waals surface area contributed by atoms with E-state index in [0.717, 1.165) is 15.0 Å². The minimum Gasteiger partial charge on any atom is -0.386 e. The zero-order valence-electron chi connectivity index (χ0n) is 12.0. The molecule has 0 fully saturated rings. The molecule has 2 rings (SSSR count). The van der Waals surface area contributed by atoms with Gasteiger partial charge in [-0.05, 0) is 30.4 Å². The van der Waals surface area contributed by atoms with Crippen molar-refractivity contribution in [3.05, 3.63) is 35.2 Å². The lowest BCUT2D eigenvalue weighted by atomic mass is 10.2. The lowest BCUT2D eigenvalue weighted by molar-refractivity contribution is 0.186. The predicted molar refractivity (Wildman–Crippen MR) is 88.0 cm³/mol. The summed E-state index contributed by atoms with van der Waals surface area (Å²) < 4.78 is 27.1. The third kappa shape index (κ3) is 4.78. The molecule has 1 unspecified atom stereocenters. The number of nitriles is 1. The average Bonchev–Trinajstić information content (AvgIpc) is 2.93. The first-order valence-corrected chi connectivity index (χ1v) is 9.49. The Morgan fingerprint density at radius 2 is 2.09 bits per heavy atom. The van der Waals surface area contributed by atoms with Crippen molar-refractivity contribution in [1.29, 1.82) is 5.26 Å². The van der Waals surface area contributed by atoms with Crippen LogP contribution in [-0.2, 0) is 10.0 Å². The Morgan fingerprint density at radius 3 is 2.82 bits per heavy atom. The molecular formula is C15H18N2O3S2. The Balaban J connectivity index is 1.89. The largest absolute Gasteiger partial charge is 0.386 e. The van der Waals surface area contributed by atoms with Gasteiger partial charge in [0.1, 0.15) is 6.10 Å². The monoisotopic (exact) mass is 338 g/mol.